The van der Waals surface area contributed by atoms with Gasteiger partial charge >= 0.3 is 6.03 Å². The third kappa shape index (κ3) is 3.01. The fourth-order valence-electron chi connectivity index (χ4n) is 3.87. The summed E-state index contributed by atoms with van der Waals surface area (Å²) < 4.78 is 0. The van der Waals surface area contributed by atoms with Crippen LogP contribution in [0.25, 0.3) is 0 Å². The molecule has 1 aromatic carbocycles. The molecule has 1 N–H and O–H groups in total. The molecule has 0 bridgehead atoms. The van der Waals surface area contributed by atoms with E-state index in [2.05, 4.69) is 5.32 Å². The van der Waals surface area contributed by atoms with Gasteiger partial charge in [0.15, 0.2) is 0 Å². The predicted molar refractivity (Wildman–Crippen MR) is 95.2 cm³/mol. The average molecular weight is 343 g/mol. The van der Waals surface area contributed by atoms with E-state index in [0.717, 1.165) is 35.3 Å². The molecule has 1 aromatic rings. The van der Waals surface area contributed by atoms with Crippen molar-refractivity contribution < 1.29 is 14.4 Å². The van der Waals surface area contributed by atoms with Gasteiger partial charge in [-0.3, -0.25) is 14.5 Å². The van der Waals surface area contributed by atoms with Gasteiger partial charge in [0.25, 0.3) is 5.91 Å². The number of imide groups is 1. The molecule has 3 rings (SSSR count). The van der Waals surface area contributed by atoms with Crippen LogP contribution < -0.4 is 5.32 Å². The second-order valence-electron chi connectivity index (χ2n) is 7.19. The molecule has 1 aliphatic heterocycles. The lowest BCUT2D eigenvalue weighted by atomic mass is 9.81. The minimum atomic E-state index is -0.741. The number of aryl methyl sites for hydroxylation is 2. The van der Waals surface area contributed by atoms with Gasteiger partial charge in [0.05, 0.1) is 0 Å². The van der Waals surface area contributed by atoms with Crippen molar-refractivity contribution in [2.24, 2.45) is 0 Å². The Morgan fingerprint density at radius 2 is 1.84 bits per heavy atom. The first-order valence-electron chi connectivity index (χ1n) is 8.82. The van der Waals surface area contributed by atoms with Crippen molar-refractivity contribution in [3.63, 3.8) is 0 Å². The van der Waals surface area contributed by atoms with Gasteiger partial charge in [0.1, 0.15) is 12.1 Å². The van der Waals surface area contributed by atoms with Crippen LogP contribution in [0.4, 0.5) is 10.5 Å². The van der Waals surface area contributed by atoms with Crippen LogP contribution in [0.15, 0.2) is 18.2 Å². The third-order valence-corrected chi connectivity index (χ3v) is 5.45. The highest BCUT2D eigenvalue weighted by Gasteiger charge is 2.55. The summed E-state index contributed by atoms with van der Waals surface area (Å²) in [7, 11) is 1.67. The number of urea groups is 1. The average Bonchev–Trinajstić information content (AvgIpc) is 2.75. The minimum absolute atomic E-state index is 0.226. The molecule has 2 fully saturated rings. The van der Waals surface area contributed by atoms with Crippen LogP contribution in [0.2, 0.25) is 0 Å². The smallest absolute Gasteiger partial charge is 0.324 e. The molecule has 0 unspecified atom stereocenters. The molecule has 2 aliphatic rings. The molecule has 6 nitrogen and oxygen atoms in total. The van der Waals surface area contributed by atoms with Crippen molar-refractivity contribution >= 4 is 23.5 Å². The Morgan fingerprint density at radius 3 is 2.52 bits per heavy atom. The minimum Gasteiger partial charge on any atom is -0.324 e. The van der Waals surface area contributed by atoms with Crippen molar-refractivity contribution in [1.82, 2.24) is 9.80 Å². The van der Waals surface area contributed by atoms with Gasteiger partial charge in [-0.25, -0.2) is 4.79 Å². The van der Waals surface area contributed by atoms with E-state index < -0.39 is 5.54 Å². The molecule has 25 heavy (non-hydrogen) atoms. The molecule has 6 heteroatoms. The maximum atomic E-state index is 12.9. The normalized spacial score (nSPS) is 19.6. The first-order chi connectivity index (χ1) is 11.8. The summed E-state index contributed by atoms with van der Waals surface area (Å²) in [6.45, 7) is 3.62. The van der Waals surface area contributed by atoms with E-state index >= 15 is 0 Å². The second-order valence-corrected chi connectivity index (χ2v) is 7.19. The predicted octanol–water partition coefficient (Wildman–Crippen LogP) is 2.84. The van der Waals surface area contributed by atoms with Gasteiger partial charge in [-0.1, -0.05) is 31.4 Å². The van der Waals surface area contributed by atoms with Gasteiger partial charge < -0.3 is 10.2 Å². The highest BCUT2D eigenvalue weighted by molar-refractivity contribution is 6.10. The molecule has 1 aliphatic carbocycles. The summed E-state index contributed by atoms with van der Waals surface area (Å²) in [5.41, 5.74) is 1.95. The van der Waals surface area contributed by atoms with E-state index in [9.17, 15) is 14.4 Å². The molecule has 0 atom stereocenters. The van der Waals surface area contributed by atoms with E-state index in [1.165, 1.54) is 0 Å². The molecule has 1 spiro atoms. The van der Waals surface area contributed by atoms with E-state index in [1.54, 1.807) is 11.9 Å². The zero-order valence-electron chi connectivity index (χ0n) is 15.1. The van der Waals surface area contributed by atoms with E-state index in [4.69, 9.17) is 0 Å². The quantitative estimate of drug-likeness (QED) is 0.858. The molecule has 4 amide bonds. The van der Waals surface area contributed by atoms with Gasteiger partial charge in [-0.05, 0) is 43.9 Å². The van der Waals surface area contributed by atoms with Crippen LogP contribution in [0.3, 0.4) is 0 Å². The van der Waals surface area contributed by atoms with Crippen LogP contribution in [-0.2, 0) is 9.59 Å². The number of amides is 4. The van der Waals surface area contributed by atoms with Gasteiger partial charge in [0.2, 0.25) is 5.91 Å². The molecular weight excluding hydrogens is 318 g/mol. The number of nitrogens with one attached hydrogen (secondary N) is 1. The number of likely N-dealkylation sites (N-methyl/N-ethyl adjacent to an activating group) is 1. The number of anilines is 1. The summed E-state index contributed by atoms with van der Waals surface area (Å²) in [6, 6.07) is 5.42. The zero-order chi connectivity index (χ0) is 18.2. The maximum Gasteiger partial charge on any atom is 0.327 e. The van der Waals surface area contributed by atoms with E-state index in [0.29, 0.717) is 18.5 Å². The maximum absolute atomic E-state index is 12.9. The number of nitrogens with zero attached hydrogens (tertiary/aromatic N) is 2. The molecular formula is C19H25N3O3. The lowest BCUT2D eigenvalue weighted by molar-refractivity contribution is -0.136. The Morgan fingerprint density at radius 1 is 1.16 bits per heavy atom. The highest BCUT2D eigenvalue weighted by atomic mass is 16.2. The van der Waals surface area contributed by atoms with Crippen LogP contribution in [0, 0.1) is 13.8 Å². The summed E-state index contributed by atoms with van der Waals surface area (Å²) in [6.07, 6.45) is 4.33. The van der Waals surface area contributed by atoms with Crippen LogP contribution in [-0.4, -0.2) is 46.8 Å². The number of carbonyl (C=O) groups excluding carboxylic acids is 3. The van der Waals surface area contributed by atoms with Crippen molar-refractivity contribution in [3.8, 4) is 0 Å². The lowest BCUT2D eigenvalue weighted by Crippen LogP contribution is -2.49. The van der Waals surface area contributed by atoms with Crippen molar-refractivity contribution in [2.75, 3.05) is 18.9 Å². The largest absolute Gasteiger partial charge is 0.327 e. The fourth-order valence-corrected chi connectivity index (χ4v) is 3.87. The standard InChI is InChI=1S/C19H25N3O3/c1-13-7-8-14(2)15(11-13)20-16(23)12-22-17(24)19(21(3)18(22)25)9-5-4-6-10-19/h7-8,11H,4-6,9-10,12H2,1-3H3,(H,20,23). The molecule has 134 valence electrons. The Bertz CT molecular complexity index is 723. The Hall–Kier alpha value is -2.37. The molecule has 0 aromatic heterocycles. The van der Waals surface area contributed by atoms with Crippen molar-refractivity contribution in [1.29, 1.82) is 0 Å². The Labute approximate surface area is 148 Å². The number of hydrogen-bond acceptors (Lipinski definition) is 3. The summed E-state index contributed by atoms with van der Waals surface area (Å²) in [5, 5.41) is 2.82. The second kappa shape index (κ2) is 6.50. The van der Waals surface area contributed by atoms with Crippen molar-refractivity contribution in [2.45, 2.75) is 51.5 Å². The van der Waals surface area contributed by atoms with Crippen LogP contribution in [0.5, 0.6) is 0 Å². The Balaban J connectivity index is 1.74. The zero-order valence-corrected chi connectivity index (χ0v) is 15.1. The molecule has 1 saturated carbocycles. The molecule has 0 radical (unpaired) electrons. The topological polar surface area (TPSA) is 69.7 Å². The SMILES string of the molecule is Cc1ccc(C)c(NC(=O)CN2C(=O)N(C)C3(CCCCC3)C2=O)c1. The fraction of sp³-hybridized carbons (Fsp3) is 0.526. The highest BCUT2D eigenvalue weighted by Crippen LogP contribution is 2.39. The van der Waals surface area contributed by atoms with Crippen LogP contribution in [0.1, 0.15) is 43.2 Å². The number of benzene rings is 1. The number of carbonyl (C=O) groups is 3. The first kappa shape index (κ1) is 17.5. The lowest BCUT2D eigenvalue weighted by Gasteiger charge is -2.35. The summed E-state index contributed by atoms with van der Waals surface area (Å²) in [4.78, 5) is 40.5. The Kier molecular flexibility index (Phi) is 4.54. The number of hydrogen-bond donors (Lipinski definition) is 1. The van der Waals surface area contributed by atoms with Crippen molar-refractivity contribution in [3.05, 3.63) is 29.3 Å². The van der Waals surface area contributed by atoms with E-state index in [1.807, 2.05) is 32.0 Å². The number of rotatable bonds is 3. The van der Waals surface area contributed by atoms with Gasteiger partial charge in [0, 0.05) is 12.7 Å². The van der Waals surface area contributed by atoms with Gasteiger partial charge in [-0.2, -0.15) is 0 Å². The molecule has 1 saturated heterocycles. The molecule has 1 heterocycles. The summed E-state index contributed by atoms with van der Waals surface area (Å²) >= 11 is 0. The third-order valence-electron chi connectivity index (χ3n) is 5.45. The van der Waals surface area contributed by atoms with Crippen LogP contribution >= 0.6 is 0 Å². The van der Waals surface area contributed by atoms with E-state index in [-0.39, 0.29) is 24.4 Å². The van der Waals surface area contributed by atoms with Gasteiger partial charge in [-0.15, -0.1) is 0 Å². The monoisotopic (exact) mass is 343 g/mol. The summed E-state index contributed by atoms with van der Waals surface area (Å²) in [5.74, 6) is -0.576. The first-order valence-corrected chi connectivity index (χ1v) is 8.82.